The lowest BCUT2D eigenvalue weighted by atomic mass is 10.0. The zero-order valence-electron chi connectivity index (χ0n) is 19.8. The minimum absolute atomic E-state index is 0.207. The molecular weight excluding hydrogens is 542 g/mol. The fourth-order valence-corrected chi connectivity index (χ4v) is 3.69. The first-order valence-corrected chi connectivity index (χ1v) is 11.9. The number of carbonyl (C=O) groups excluding carboxylic acids is 3. The van der Waals surface area contributed by atoms with Gasteiger partial charge in [0.05, 0.1) is 35.0 Å². The topological polar surface area (TPSA) is 115 Å². The van der Waals surface area contributed by atoms with Crippen LogP contribution in [0.2, 0.25) is 5.02 Å². The largest absolute Gasteiger partial charge is 0.490 e. The third-order valence-electron chi connectivity index (χ3n) is 4.64. The summed E-state index contributed by atoms with van der Waals surface area (Å²) in [4.78, 5) is 36.7. The monoisotopic (exact) mass is 567 g/mol. The average molecular weight is 569 g/mol. The van der Waals surface area contributed by atoms with Crippen molar-refractivity contribution in [2.45, 2.75) is 26.8 Å². The highest BCUT2D eigenvalue weighted by Crippen LogP contribution is 2.36. The van der Waals surface area contributed by atoms with Crippen LogP contribution in [-0.4, -0.2) is 50.4 Å². The van der Waals surface area contributed by atoms with E-state index in [1.54, 1.807) is 50.2 Å². The minimum Gasteiger partial charge on any atom is -0.490 e. The molecule has 11 heteroatoms. The van der Waals surface area contributed by atoms with Crippen LogP contribution in [0, 0.1) is 5.92 Å². The first kappa shape index (κ1) is 28.1. The molecule has 2 aromatic carbocycles. The Morgan fingerprint density at radius 3 is 2.51 bits per heavy atom. The van der Waals surface area contributed by atoms with Crippen molar-refractivity contribution in [2.75, 3.05) is 20.3 Å². The second-order valence-electron chi connectivity index (χ2n) is 7.54. The fourth-order valence-electron chi connectivity index (χ4n) is 2.89. The summed E-state index contributed by atoms with van der Waals surface area (Å²) in [5.41, 5.74) is 3.32. The Hall–Kier alpha value is -3.11. The second kappa shape index (κ2) is 13.7. The molecule has 0 saturated carbocycles. The van der Waals surface area contributed by atoms with Crippen LogP contribution in [0.5, 0.6) is 11.5 Å². The molecule has 188 valence electrons. The number of esters is 1. The average Bonchev–Trinajstić information content (AvgIpc) is 2.81. The number of nitrogens with zero attached hydrogens (tertiary/aromatic N) is 1. The lowest BCUT2D eigenvalue weighted by Crippen LogP contribution is -2.48. The molecule has 0 aliphatic heterocycles. The van der Waals surface area contributed by atoms with E-state index in [-0.39, 0.29) is 18.1 Å². The van der Waals surface area contributed by atoms with Gasteiger partial charge in [-0.2, -0.15) is 5.10 Å². The highest BCUT2D eigenvalue weighted by atomic mass is 79.9. The number of rotatable bonds is 11. The van der Waals surface area contributed by atoms with Crippen molar-refractivity contribution in [1.29, 1.82) is 0 Å². The van der Waals surface area contributed by atoms with Gasteiger partial charge in [0.15, 0.2) is 18.1 Å². The van der Waals surface area contributed by atoms with Gasteiger partial charge >= 0.3 is 5.97 Å². The molecule has 0 spiro atoms. The molecule has 0 saturated heterocycles. The Kier molecular flexibility index (Phi) is 11.0. The molecule has 0 aliphatic carbocycles. The van der Waals surface area contributed by atoms with E-state index in [1.807, 2.05) is 6.92 Å². The van der Waals surface area contributed by atoms with Crippen LogP contribution in [0.3, 0.4) is 0 Å². The van der Waals surface area contributed by atoms with Gasteiger partial charge in [-0.05, 0) is 58.6 Å². The Bertz CT molecular complexity index is 1090. The standard InChI is InChI=1S/C24H27BrClN3O6/c1-5-34-19-11-15(10-17(25)22(19)35-13-20(30)33-4)12-27-29-24(32)21(14(2)3)28-23(31)16-8-6-7-9-18(16)26/h6-12,14,21H,5,13H2,1-4H3,(H,28,31)(H,29,32)/b27-12+. The number of benzene rings is 2. The van der Waals surface area contributed by atoms with Gasteiger partial charge in [-0.3, -0.25) is 9.59 Å². The predicted molar refractivity (Wildman–Crippen MR) is 136 cm³/mol. The Balaban J connectivity index is 2.12. The molecule has 0 bridgehead atoms. The molecule has 0 heterocycles. The van der Waals surface area contributed by atoms with Gasteiger partial charge in [0, 0.05) is 0 Å². The molecule has 2 amide bonds. The van der Waals surface area contributed by atoms with Crippen LogP contribution in [0.25, 0.3) is 0 Å². The summed E-state index contributed by atoms with van der Waals surface area (Å²) in [5.74, 6) is -0.970. The van der Waals surface area contributed by atoms with E-state index in [0.717, 1.165) is 0 Å². The molecule has 0 fully saturated rings. The van der Waals surface area contributed by atoms with Gasteiger partial charge in [0.25, 0.3) is 11.8 Å². The summed E-state index contributed by atoms with van der Waals surface area (Å²) in [6.07, 6.45) is 1.42. The second-order valence-corrected chi connectivity index (χ2v) is 8.80. The zero-order valence-corrected chi connectivity index (χ0v) is 22.1. The molecule has 0 radical (unpaired) electrons. The van der Waals surface area contributed by atoms with E-state index in [4.69, 9.17) is 21.1 Å². The summed E-state index contributed by atoms with van der Waals surface area (Å²) in [6, 6.07) is 9.09. The molecule has 0 aromatic heterocycles. The summed E-state index contributed by atoms with van der Waals surface area (Å²) >= 11 is 9.48. The number of nitrogens with one attached hydrogen (secondary N) is 2. The first-order valence-electron chi connectivity index (χ1n) is 10.7. The number of halogens is 2. The van der Waals surface area contributed by atoms with Crippen molar-refractivity contribution in [3.63, 3.8) is 0 Å². The third kappa shape index (κ3) is 8.25. The maximum atomic E-state index is 12.7. The van der Waals surface area contributed by atoms with Crippen molar-refractivity contribution >= 4 is 51.5 Å². The number of ether oxygens (including phenoxy) is 3. The number of hydrogen-bond donors (Lipinski definition) is 2. The van der Waals surface area contributed by atoms with Gasteiger partial charge < -0.3 is 19.5 Å². The number of hydrazone groups is 1. The van der Waals surface area contributed by atoms with Crippen LogP contribution in [0.15, 0.2) is 46.0 Å². The lowest BCUT2D eigenvalue weighted by molar-refractivity contribution is -0.143. The maximum absolute atomic E-state index is 12.7. The SMILES string of the molecule is CCOc1cc(/C=N/NC(=O)C(NC(=O)c2ccccc2Cl)C(C)C)cc(Br)c1OCC(=O)OC. The fraction of sp³-hybridized carbons (Fsp3) is 0.333. The lowest BCUT2D eigenvalue weighted by Gasteiger charge is -2.20. The van der Waals surface area contributed by atoms with Crippen molar-refractivity contribution in [2.24, 2.45) is 11.0 Å². The van der Waals surface area contributed by atoms with E-state index in [2.05, 4.69) is 36.5 Å². The highest BCUT2D eigenvalue weighted by molar-refractivity contribution is 9.10. The number of carbonyl (C=O) groups is 3. The molecule has 1 atom stereocenters. The summed E-state index contributed by atoms with van der Waals surface area (Å²) in [5, 5.41) is 7.00. The van der Waals surface area contributed by atoms with Crippen LogP contribution in [0.1, 0.15) is 36.7 Å². The van der Waals surface area contributed by atoms with Gasteiger partial charge in [0.2, 0.25) is 0 Å². The van der Waals surface area contributed by atoms with Gasteiger partial charge in [-0.25, -0.2) is 10.2 Å². The smallest absolute Gasteiger partial charge is 0.343 e. The predicted octanol–water partition coefficient (Wildman–Crippen LogP) is 3.96. The zero-order chi connectivity index (χ0) is 26.0. The number of methoxy groups -OCH3 is 1. The van der Waals surface area contributed by atoms with Gasteiger partial charge in [-0.1, -0.05) is 37.6 Å². The molecule has 2 rings (SSSR count). The highest BCUT2D eigenvalue weighted by Gasteiger charge is 2.25. The molecule has 35 heavy (non-hydrogen) atoms. The van der Waals surface area contributed by atoms with Crippen LogP contribution in [-0.2, 0) is 14.3 Å². The minimum atomic E-state index is -0.837. The van der Waals surface area contributed by atoms with E-state index in [1.165, 1.54) is 13.3 Å². The molecular formula is C24H27BrClN3O6. The van der Waals surface area contributed by atoms with Gasteiger partial charge in [0.1, 0.15) is 6.04 Å². The Morgan fingerprint density at radius 1 is 1.17 bits per heavy atom. The Labute approximate surface area is 217 Å². The van der Waals surface area contributed by atoms with E-state index >= 15 is 0 Å². The van der Waals surface area contributed by atoms with Crippen molar-refractivity contribution in [1.82, 2.24) is 10.7 Å². The maximum Gasteiger partial charge on any atom is 0.343 e. The van der Waals surface area contributed by atoms with Gasteiger partial charge in [-0.15, -0.1) is 0 Å². The molecule has 2 N–H and O–H groups in total. The summed E-state index contributed by atoms with van der Waals surface area (Å²) in [6.45, 7) is 5.50. The van der Waals surface area contributed by atoms with Crippen LogP contribution >= 0.6 is 27.5 Å². The Morgan fingerprint density at radius 2 is 1.89 bits per heavy atom. The van der Waals surface area contributed by atoms with Crippen LogP contribution < -0.4 is 20.2 Å². The van der Waals surface area contributed by atoms with Crippen molar-refractivity contribution in [3.05, 3.63) is 57.0 Å². The number of amides is 2. The van der Waals surface area contributed by atoms with E-state index < -0.39 is 23.8 Å². The number of hydrogen-bond acceptors (Lipinski definition) is 7. The molecule has 1 unspecified atom stereocenters. The molecule has 2 aromatic rings. The summed E-state index contributed by atoms with van der Waals surface area (Å²) < 4.78 is 16.2. The third-order valence-corrected chi connectivity index (χ3v) is 5.55. The van der Waals surface area contributed by atoms with E-state index in [9.17, 15) is 14.4 Å². The van der Waals surface area contributed by atoms with Crippen molar-refractivity contribution < 1.29 is 28.6 Å². The van der Waals surface area contributed by atoms with Crippen LogP contribution in [0.4, 0.5) is 0 Å². The molecule has 9 nitrogen and oxygen atoms in total. The van der Waals surface area contributed by atoms with E-state index in [0.29, 0.717) is 33.2 Å². The quantitative estimate of drug-likeness (QED) is 0.241. The van der Waals surface area contributed by atoms with Crippen molar-refractivity contribution in [3.8, 4) is 11.5 Å². The first-order chi connectivity index (χ1) is 16.7. The molecule has 0 aliphatic rings. The normalized spacial score (nSPS) is 11.7. The summed E-state index contributed by atoms with van der Waals surface area (Å²) in [7, 11) is 1.27.